The van der Waals surface area contributed by atoms with Gasteiger partial charge in [0.05, 0.1) is 13.7 Å². The van der Waals surface area contributed by atoms with Crippen molar-refractivity contribution in [1.29, 1.82) is 0 Å². The van der Waals surface area contributed by atoms with E-state index in [4.69, 9.17) is 4.74 Å². The van der Waals surface area contributed by atoms with E-state index >= 15 is 0 Å². The second kappa shape index (κ2) is 6.81. The van der Waals surface area contributed by atoms with Gasteiger partial charge in [-0.05, 0) is 35.4 Å². The lowest BCUT2D eigenvalue weighted by Gasteiger charge is -2.09. The summed E-state index contributed by atoms with van der Waals surface area (Å²) in [5.74, 6) is -1.19. The van der Waals surface area contributed by atoms with Gasteiger partial charge in [-0.25, -0.2) is 13.8 Å². The van der Waals surface area contributed by atoms with Gasteiger partial charge in [-0.3, -0.25) is 0 Å². The van der Waals surface area contributed by atoms with Gasteiger partial charge < -0.3 is 14.8 Å². The third kappa shape index (κ3) is 3.04. The fraction of sp³-hybridized carbons (Fsp3) is 0.0952. The van der Waals surface area contributed by atoms with Gasteiger partial charge in [0.25, 0.3) is 0 Å². The lowest BCUT2D eigenvalue weighted by molar-refractivity contribution is 0.274. The molecule has 0 aliphatic carbocycles. The predicted molar refractivity (Wildman–Crippen MR) is 99.4 cm³/mol. The van der Waals surface area contributed by atoms with E-state index in [1.807, 2.05) is 18.2 Å². The molecule has 27 heavy (non-hydrogen) atoms. The molecule has 0 amide bonds. The lowest BCUT2D eigenvalue weighted by atomic mass is 10.0. The fourth-order valence-electron chi connectivity index (χ4n) is 3.12. The minimum absolute atomic E-state index is 0.112. The topological polar surface area (TPSA) is 58.1 Å². The second-order valence-corrected chi connectivity index (χ2v) is 6.14. The third-order valence-electron chi connectivity index (χ3n) is 4.55. The Kier molecular flexibility index (Phi) is 4.33. The number of benzene rings is 2. The van der Waals surface area contributed by atoms with Crippen LogP contribution in [0.3, 0.4) is 0 Å². The molecule has 0 aliphatic rings. The number of ether oxygens (including phenoxy) is 1. The minimum atomic E-state index is -0.893. The molecule has 136 valence electrons. The van der Waals surface area contributed by atoms with Crippen LogP contribution in [0.2, 0.25) is 0 Å². The number of aromatic nitrogens is 2. The molecule has 6 heteroatoms. The van der Waals surface area contributed by atoms with Crippen LogP contribution in [-0.4, -0.2) is 22.2 Å². The molecule has 4 rings (SSSR count). The quantitative estimate of drug-likeness (QED) is 0.552. The Balaban J connectivity index is 1.84. The molecule has 0 spiro atoms. The van der Waals surface area contributed by atoms with Crippen LogP contribution in [0.1, 0.15) is 5.56 Å². The second-order valence-electron chi connectivity index (χ2n) is 6.14. The highest BCUT2D eigenvalue weighted by atomic mass is 19.2. The summed E-state index contributed by atoms with van der Waals surface area (Å²) < 4.78 is 32.2. The van der Waals surface area contributed by atoms with Crippen molar-refractivity contribution in [1.82, 2.24) is 9.97 Å². The molecular formula is C21H16F2N2O2. The number of rotatable bonds is 4. The van der Waals surface area contributed by atoms with Gasteiger partial charge in [-0.2, -0.15) is 0 Å². The summed E-state index contributed by atoms with van der Waals surface area (Å²) in [4.78, 5) is 7.48. The Morgan fingerprint density at radius 2 is 1.81 bits per heavy atom. The van der Waals surface area contributed by atoms with Crippen LogP contribution < -0.4 is 4.74 Å². The molecule has 0 aliphatic heterocycles. The number of nitrogens with zero attached hydrogens (tertiary/aromatic N) is 1. The zero-order chi connectivity index (χ0) is 19.0. The van der Waals surface area contributed by atoms with Gasteiger partial charge in [0.2, 0.25) is 0 Å². The van der Waals surface area contributed by atoms with Gasteiger partial charge in [-0.1, -0.05) is 18.2 Å². The molecule has 0 saturated heterocycles. The third-order valence-corrected chi connectivity index (χ3v) is 4.55. The summed E-state index contributed by atoms with van der Waals surface area (Å²) in [6.07, 6.45) is 3.45. The molecule has 4 nitrogen and oxygen atoms in total. The van der Waals surface area contributed by atoms with Gasteiger partial charge >= 0.3 is 0 Å². The van der Waals surface area contributed by atoms with Crippen LogP contribution in [0.4, 0.5) is 8.78 Å². The number of H-pyrrole nitrogens is 1. The number of hydrogen-bond donors (Lipinski definition) is 2. The van der Waals surface area contributed by atoms with E-state index in [-0.39, 0.29) is 6.61 Å². The van der Waals surface area contributed by atoms with Crippen LogP contribution >= 0.6 is 0 Å². The molecule has 4 aromatic rings. The number of aliphatic hydroxyl groups is 1. The number of hydrogen-bond acceptors (Lipinski definition) is 3. The first-order chi connectivity index (χ1) is 13.1. The maximum Gasteiger partial charge on any atom is 0.159 e. The van der Waals surface area contributed by atoms with Crippen molar-refractivity contribution in [2.45, 2.75) is 6.61 Å². The van der Waals surface area contributed by atoms with Gasteiger partial charge in [0.15, 0.2) is 11.6 Å². The number of nitrogens with one attached hydrogen (secondary N) is 1. The van der Waals surface area contributed by atoms with E-state index in [1.165, 1.54) is 12.1 Å². The van der Waals surface area contributed by atoms with E-state index in [0.717, 1.165) is 28.1 Å². The van der Waals surface area contributed by atoms with Gasteiger partial charge in [0, 0.05) is 34.5 Å². The zero-order valence-electron chi connectivity index (χ0n) is 14.5. The Morgan fingerprint density at radius 3 is 2.56 bits per heavy atom. The first kappa shape index (κ1) is 17.2. The van der Waals surface area contributed by atoms with Crippen LogP contribution in [-0.2, 0) is 6.61 Å². The fourth-order valence-corrected chi connectivity index (χ4v) is 3.12. The number of aromatic amines is 1. The molecule has 0 atom stereocenters. The van der Waals surface area contributed by atoms with Crippen LogP contribution in [0.5, 0.6) is 5.75 Å². The molecule has 0 radical (unpaired) electrons. The van der Waals surface area contributed by atoms with Crippen LogP contribution in [0.15, 0.2) is 54.9 Å². The van der Waals surface area contributed by atoms with Crippen molar-refractivity contribution in [3.63, 3.8) is 0 Å². The molecule has 2 N–H and O–H groups in total. The molecule has 0 fully saturated rings. The smallest absolute Gasteiger partial charge is 0.159 e. The Labute approximate surface area is 154 Å². The van der Waals surface area contributed by atoms with Gasteiger partial charge in [0.1, 0.15) is 11.4 Å². The van der Waals surface area contributed by atoms with Crippen LogP contribution in [0.25, 0.3) is 33.3 Å². The first-order valence-corrected chi connectivity index (χ1v) is 8.31. The monoisotopic (exact) mass is 366 g/mol. The average Bonchev–Trinajstić information content (AvgIpc) is 3.12. The van der Waals surface area contributed by atoms with Crippen molar-refractivity contribution in [3.8, 4) is 28.0 Å². The number of fused-ring (bicyclic) bond motifs is 1. The first-order valence-electron chi connectivity index (χ1n) is 8.31. The average molecular weight is 366 g/mol. The molecule has 0 bridgehead atoms. The highest BCUT2D eigenvalue weighted by Crippen LogP contribution is 2.33. The molecule has 0 saturated carbocycles. The standard InChI is InChI=1S/C21H16F2N2O2/c1-27-20-8-12(2-3-14(20)11-26)15-6-16-17(10-25-21(16)24-9-15)13-4-5-18(22)19(23)7-13/h2-10,26H,11H2,1H3,(H,24,25). The Bertz CT molecular complexity index is 1140. The van der Waals surface area contributed by atoms with E-state index in [2.05, 4.69) is 9.97 Å². The minimum Gasteiger partial charge on any atom is -0.496 e. The summed E-state index contributed by atoms with van der Waals surface area (Å²) in [7, 11) is 1.55. The number of methoxy groups -OCH3 is 1. The number of aliphatic hydroxyl groups excluding tert-OH is 1. The summed E-state index contributed by atoms with van der Waals surface area (Å²) in [5, 5.41) is 10.2. The van der Waals surface area contributed by atoms with Crippen LogP contribution in [0, 0.1) is 11.6 Å². The van der Waals surface area contributed by atoms with E-state index in [1.54, 1.807) is 25.6 Å². The summed E-state index contributed by atoms with van der Waals surface area (Å²) in [5.41, 5.74) is 4.35. The molecular weight excluding hydrogens is 350 g/mol. The normalized spacial score (nSPS) is 11.1. The Morgan fingerprint density at radius 1 is 1.00 bits per heavy atom. The highest BCUT2D eigenvalue weighted by Gasteiger charge is 2.12. The zero-order valence-corrected chi connectivity index (χ0v) is 14.5. The van der Waals surface area contributed by atoms with E-state index in [0.29, 0.717) is 22.5 Å². The maximum absolute atomic E-state index is 13.6. The molecule has 2 aromatic heterocycles. The summed E-state index contributed by atoms with van der Waals surface area (Å²) >= 11 is 0. The Hall–Kier alpha value is -3.25. The highest BCUT2D eigenvalue weighted by molar-refractivity contribution is 5.95. The van der Waals surface area contributed by atoms with E-state index in [9.17, 15) is 13.9 Å². The van der Waals surface area contributed by atoms with E-state index < -0.39 is 11.6 Å². The SMILES string of the molecule is COc1cc(-c2cnc3[nH]cc(-c4ccc(F)c(F)c4)c3c2)ccc1CO. The summed E-state index contributed by atoms with van der Waals surface area (Å²) in [6, 6.07) is 11.3. The van der Waals surface area contributed by atoms with Crippen molar-refractivity contribution in [2.75, 3.05) is 7.11 Å². The molecule has 2 aromatic carbocycles. The van der Waals surface area contributed by atoms with Crippen molar-refractivity contribution >= 4 is 11.0 Å². The molecule has 2 heterocycles. The van der Waals surface area contributed by atoms with Gasteiger partial charge in [-0.15, -0.1) is 0 Å². The predicted octanol–water partition coefficient (Wildman–Crippen LogP) is 4.68. The number of halogens is 2. The maximum atomic E-state index is 13.6. The largest absolute Gasteiger partial charge is 0.496 e. The summed E-state index contributed by atoms with van der Waals surface area (Å²) in [6.45, 7) is -0.112. The van der Waals surface area contributed by atoms with Crippen molar-refractivity contribution in [3.05, 3.63) is 72.1 Å². The molecule has 0 unspecified atom stereocenters. The lowest BCUT2D eigenvalue weighted by Crippen LogP contribution is -1.92. The van der Waals surface area contributed by atoms with Crippen molar-refractivity contribution < 1.29 is 18.6 Å². The number of pyridine rings is 1. The van der Waals surface area contributed by atoms with Crippen molar-refractivity contribution in [2.24, 2.45) is 0 Å².